The third kappa shape index (κ3) is 3.69. The number of hydrogen-bond acceptors (Lipinski definition) is 2. The van der Waals surface area contributed by atoms with Crippen molar-refractivity contribution >= 4 is 10.2 Å². The molecule has 0 aliphatic carbocycles. The molecule has 0 amide bonds. The minimum atomic E-state index is -3.53. The summed E-state index contributed by atoms with van der Waals surface area (Å²) in [6.45, 7) is 1.98. The fraction of sp³-hybridized carbons (Fsp3) is 0.250. The first kappa shape index (κ1) is 15.7. The number of nitrogens with one attached hydrogen (secondary N) is 1. The van der Waals surface area contributed by atoms with Gasteiger partial charge in [-0.15, -0.1) is 0 Å². The second kappa shape index (κ2) is 6.39. The molecule has 5 heteroatoms. The van der Waals surface area contributed by atoms with Crippen LogP contribution in [0.25, 0.3) is 0 Å². The molecule has 4 nitrogen and oxygen atoms in total. The Kier molecular flexibility index (Phi) is 4.77. The Labute approximate surface area is 126 Å². The van der Waals surface area contributed by atoms with Crippen LogP contribution in [0.5, 0.6) is 0 Å². The molecule has 2 aromatic rings. The van der Waals surface area contributed by atoms with Crippen LogP contribution in [0.2, 0.25) is 0 Å². The van der Waals surface area contributed by atoms with E-state index in [1.54, 1.807) is 0 Å². The van der Waals surface area contributed by atoms with Gasteiger partial charge in [0, 0.05) is 14.1 Å². The van der Waals surface area contributed by atoms with Crippen molar-refractivity contribution in [1.29, 1.82) is 0 Å². The summed E-state index contributed by atoms with van der Waals surface area (Å²) in [7, 11) is -0.495. The molecule has 0 radical (unpaired) electrons. The lowest BCUT2D eigenvalue weighted by Gasteiger charge is -2.23. The summed E-state index contributed by atoms with van der Waals surface area (Å²) in [5, 5.41) is 0. The number of nitrogens with zero attached hydrogens (tertiary/aromatic N) is 1. The Hall–Kier alpha value is -1.69. The molecule has 0 fully saturated rings. The summed E-state index contributed by atoms with van der Waals surface area (Å²) in [4.78, 5) is 0. The molecule has 0 aliphatic heterocycles. The van der Waals surface area contributed by atoms with E-state index in [-0.39, 0.29) is 0 Å². The highest BCUT2D eigenvalue weighted by Gasteiger charge is 2.23. The van der Waals surface area contributed by atoms with Crippen LogP contribution in [0.1, 0.15) is 22.7 Å². The monoisotopic (exact) mass is 304 g/mol. The van der Waals surface area contributed by atoms with E-state index in [1.807, 2.05) is 61.5 Å². The van der Waals surface area contributed by atoms with Gasteiger partial charge in [0.25, 0.3) is 10.2 Å². The van der Waals surface area contributed by atoms with E-state index < -0.39 is 16.3 Å². The fourth-order valence-corrected chi connectivity index (χ4v) is 2.89. The standard InChI is InChI=1S/C16H20N2O2S/c1-13-9-7-8-12-15(13)16(14-10-5-4-6-11-14)17-21(19,20)18(2)3/h4-12,16-17H,1-3H3/t16-/m1/s1. The molecule has 0 heterocycles. The second-order valence-electron chi connectivity index (χ2n) is 5.11. The lowest BCUT2D eigenvalue weighted by Crippen LogP contribution is -2.38. The zero-order chi connectivity index (χ0) is 15.5. The highest BCUT2D eigenvalue weighted by atomic mass is 32.2. The summed E-state index contributed by atoms with van der Waals surface area (Å²) in [5.74, 6) is 0. The van der Waals surface area contributed by atoms with Gasteiger partial charge in [0.05, 0.1) is 6.04 Å². The smallest absolute Gasteiger partial charge is 0.195 e. The Morgan fingerprint density at radius 2 is 1.52 bits per heavy atom. The van der Waals surface area contributed by atoms with E-state index in [9.17, 15) is 8.42 Å². The minimum Gasteiger partial charge on any atom is -0.195 e. The molecule has 0 saturated heterocycles. The Morgan fingerprint density at radius 3 is 2.10 bits per heavy atom. The molecule has 0 saturated carbocycles. The van der Waals surface area contributed by atoms with Crippen LogP contribution in [0, 0.1) is 6.92 Å². The van der Waals surface area contributed by atoms with Gasteiger partial charge >= 0.3 is 0 Å². The summed E-state index contributed by atoms with van der Waals surface area (Å²) in [6.07, 6.45) is 0. The zero-order valence-corrected chi connectivity index (χ0v) is 13.3. The predicted molar refractivity (Wildman–Crippen MR) is 85.2 cm³/mol. The molecular formula is C16H20N2O2S. The van der Waals surface area contributed by atoms with Crippen LogP contribution >= 0.6 is 0 Å². The topological polar surface area (TPSA) is 49.4 Å². The van der Waals surface area contributed by atoms with E-state index in [0.29, 0.717) is 0 Å². The molecule has 1 N–H and O–H groups in total. The predicted octanol–water partition coefficient (Wildman–Crippen LogP) is 2.48. The van der Waals surface area contributed by atoms with Crippen molar-refractivity contribution in [1.82, 2.24) is 9.03 Å². The minimum absolute atomic E-state index is 0.403. The molecule has 1 atom stereocenters. The maximum atomic E-state index is 12.2. The molecule has 2 aromatic carbocycles. The van der Waals surface area contributed by atoms with Gasteiger partial charge in [-0.3, -0.25) is 0 Å². The van der Waals surface area contributed by atoms with E-state index in [4.69, 9.17) is 0 Å². The maximum absolute atomic E-state index is 12.2. The van der Waals surface area contributed by atoms with E-state index in [1.165, 1.54) is 18.4 Å². The molecule has 112 valence electrons. The SMILES string of the molecule is Cc1ccccc1[C@H](NS(=O)(=O)N(C)C)c1ccccc1. The van der Waals surface area contributed by atoms with Gasteiger partial charge in [-0.05, 0) is 23.6 Å². The third-order valence-electron chi connectivity index (χ3n) is 3.38. The Bertz CT molecular complexity index is 697. The lowest BCUT2D eigenvalue weighted by molar-refractivity contribution is 0.498. The summed E-state index contributed by atoms with van der Waals surface area (Å²) in [6, 6.07) is 17.0. The fourth-order valence-electron chi connectivity index (χ4n) is 2.12. The average molecular weight is 304 g/mol. The van der Waals surface area contributed by atoms with Crippen molar-refractivity contribution in [3.05, 3.63) is 71.3 Å². The molecule has 2 rings (SSSR count). The van der Waals surface area contributed by atoms with E-state index >= 15 is 0 Å². The Balaban J connectivity index is 2.49. The van der Waals surface area contributed by atoms with Crippen molar-refractivity contribution in [2.24, 2.45) is 0 Å². The highest BCUT2D eigenvalue weighted by Crippen LogP contribution is 2.25. The molecule has 21 heavy (non-hydrogen) atoms. The first-order valence-corrected chi connectivity index (χ1v) is 8.16. The molecular weight excluding hydrogens is 284 g/mol. The molecule has 0 bridgehead atoms. The summed E-state index contributed by atoms with van der Waals surface area (Å²) in [5.41, 5.74) is 2.92. The molecule has 0 aliphatic rings. The van der Waals surface area contributed by atoms with Gasteiger partial charge < -0.3 is 0 Å². The van der Waals surface area contributed by atoms with Crippen LogP contribution < -0.4 is 4.72 Å². The first-order chi connectivity index (χ1) is 9.92. The largest absolute Gasteiger partial charge is 0.279 e. The van der Waals surface area contributed by atoms with Crippen molar-refractivity contribution in [2.45, 2.75) is 13.0 Å². The van der Waals surface area contributed by atoms with E-state index in [0.717, 1.165) is 16.7 Å². The van der Waals surface area contributed by atoms with Crippen LogP contribution in [0.15, 0.2) is 54.6 Å². The first-order valence-electron chi connectivity index (χ1n) is 6.72. The van der Waals surface area contributed by atoms with Crippen LogP contribution in [0.4, 0.5) is 0 Å². The van der Waals surface area contributed by atoms with Crippen molar-refractivity contribution < 1.29 is 8.42 Å². The third-order valence-corrected chi connectivity index (χ3v) is 4.87. The zero-order valence-electron chi connectivity index (χ0n) is 12.4. The molecule has 0 spiro atoms. The van der Waals surface area contributed by atoms with Gasteiger partial charge in [-0.25, -0.2) is 0 Å². The highest BCUT2D eigenvalue weighted by molar-refractivity contribution is 7.87. The quantitative estimate of drug-likeness (QED) is 0.922. The number of rotatable bonds is 5. The Morgan fingerprint density at radius 1 is 0.952 bits per heavy atom. The number of aryl methyl sites for hydroxylation is 1. The van der Waals surface area contributed by atoms with Gasteiger partial charge in [-0.2, -0.15) is 17.4 Å². The van der Waals surface area contributed by atoms with E-state index in [2.05, 4.69) is 4.72 Å². The van der Waals surface area contributed by atoms with Crippen molar-refractivity contribution in [3.8, 4) is 0 Å². The van der Waals surface area contributed by atoms with Crippen molar-refractivity contribution in [2.75, 3.05) is 14.1 Å². The second-order valence-corrected chi connectivity index (χ2v) is 7.02. The van der Waals surface area contributed by atoms with Gasteiger partial charge in [0.2, 0.25) is 0 Å². The number of benzene rings is 2. The lowest BCUT2D eigenvalue weighted by atomic mass is 9.96. The summed E-state index contributed by atoms with van der Waals surface area (Å²) >= 11 is 0. The summed E-state index contributed by atoms with van der Waals surface area (Å²) < 4.78 is 28.4. The van der Waals surface area contributed by atoms with Gasteiger partial charge in [-0.1, -0.05) is 54.6 Å². The maximum Gasteiger partial charge on any atom is 0.279 e. The number of hydrogen-bond donors (Lipinski definition) is 1. The van der Waals surface area contributed by atoms with Gasteiger partial charge in [0.15, 0.2) is 0 Å². The van der Waals surface area contributed by atoms with Crippen LogP contribution in [-0.4, -0.2) is 26.8 Å². The average Bonchev–Trinajstić information content (AvgIpc) is 2.46. The van der Waals surface area contributed by atoms with Crippen LogP contribution in [0.3, 0.4) is 0 Å². The van der Waals surface area contributed by atoms with Crippen LogP contribution in [-0.2, 0) is 10.2 Å². The van der Waals surface area contributed by atoms with Crippen molar-refractivity contribution in [3.63, 3.8) is 0 Å². The van der Waals surface area contributed by atoms with Gasteiger partial charge in [0.1, 0.15) is 0 Å². The normalized spacial score (nSPS) is 13.3. The molecule has 0 aromatic heterocycles. The molecule has 0 unspecified atom stereocenters.